The van der Waals surface area contributed by atoms with Gasteiger partial charge in [0.15, 0.2) is 0 Å². The Kier molecular flexibility index (Phi) is 2.84. The van der Waals surface area contributed by atoms with Crippen molar-refractivity contribution in [1.29, 1.82) is 0 Å². The lowest BCUT2D eigenvalue weighted by atomic mass is 10.2. The molecule has 4 heteroatoms. The first kappa shape index (κ1) is 13.5. The van der Waals surface area contributed by atoms with Gasteiger partial charge in [0.05, 0.1) is 24.6 Å². The van der Waals surface area contributed by atoms with E-state index >= 15 is 0 Å². The molecule has 0 spiro atoms. The molecule has 0 fully saturated rings. The number of hydrogen-bond acceptors (Lipinski definition) is 2. The smallest absolute Gasteiger partial charge is 0.148 e. The summed E-state index contributed by atoms with van der Waals surface area (Å²) in [4.78, 5) is 9.84. The minimum Gasteiger partial charge on any atom is -0.280 e. The molecule has 0 bridgehead atoms. The third-order valence-electron chi connectivity index (χ3n) is 3.90. The van der Waals surface area contributed by atoms with Crippen molar-refractivity contribution in [2.24, 2.45) is 0 Å². The maximum atomic E-state index is 4.97. The Morgan fingerprint density at radius 1 is 0.864 bits per heavy atom. The van der Waals surface area contributed by atoms with Gasteiger partial charge in [0.1, 0.15) is 11.5 Å². The molecule has 0 unspecified atom stereocenters. The molecule has 2 heterocycles. The van der Waals surface area contributed by atoms with E-state index in [9.17, 15) is 0 Å². The molecule has 0 saturated heterocycles. The number of aromatic nitrogens is 3. The number of para-hydroxylation sites is 3. The van der Waals surface area contributed by atoms with Crippen LogP contribution in [-0.2, 0) is 6.04 Å². The average molecular weight is 305 g/mol. The lowest BCUT2D eigenvalue weighted by Crippen LogP contribution is -2.26. The summed E-state index contributed by atoms with van der Waals surface area (Å²) in [6, 6.07) is 17.7. The first-order valence-electron chi connectivity index (χ1n) is 7.68. The molecule has 0 aliphatic heterocycles. The molecule has 4 aromatic rings. The van der Waals surface area contributed by atoms with E-state index in [1.165, 1.54) is 0 Å². The first-order valence-corrected chi connectivity index (χ1v) is 11.4. The molecule has 0 atom stereocenters. The lowest BCUT2D eigenvalue weighted by molar-refractivity contribution is 0.997. The monoisotopic (exact) mass is 305 g/mol. The van der Waals surface area contributed by atoms with Crippen molar-refractivity contribution in [3.05, 3.63) is 54.4 Å². The number of benzene rings is 2. The third-order valence-corrected chi connectivity index (χ3v) is 5.28. The van der Waals surface area contributed by atoms with Gasteiger partial charge in [-0.3, -0.25) is 4.40 Å². The van der Waals surface area contributed by atoms with Crippen LogP contribution in [0.25, 0.3) is 27.6 Å². The molecule has 0 N–H and O–H groups in total. The zero-order valence-corrected chi connectivity index (χ0v) is 14.2. The Morgan fingerprint density at radius 3 is 2.32 bits per heavy atom. The van der Waals surface area contributed by atoms with Gasteiger partial charge >= 0.3 is 0 Å². The van der Waals surface area contributed by atoms with Gasteiger partial charge in [-0.1, -0.05) is 43.9 Å². The van der Waals surface area contributed by atoms with Gasteiger partial charge in [0.2, 0.25) is 0 Å². The van der Waals surface area contributed by atoms with Gasteiger partial charge < -0.3 is 0 Å². The fraction of sp³-hybridized carbons (Fsp3) is 0.222. The Balaban J connectivity index is 2.19. The van der Waals surface area contributed by atoms with Crippen molar-refractivity contribution < 1.29 is 0 Å². The van der Waals surface area contributed by atoms with Crippen LogP contribution in [0.2, 0.25) is 19.6 Å². The molecule has 3 nitrogen and oxygen atoms in total. The summed E-state index contributed by atoms with van der Waals surface area (Å²) in [5.41, 5.74) is 4.26. The van der Waals surface area contributed by atoms with Crippen LogP contribution in [0.5, 0.6) is 0 Å². The summed E-state index contributed by atoms with van der Waals surface area (Å²) in [5.74, 6) is 1.14. The van der Waals surface area contributed by atoms with Crippen LogP contribution < -0.4 is 0 Å². The van der Waals surface area contributed by atoms with E-state index in [4.69, 9.17) is 9.97 Å². The van der Waals surface area contributed by atoms with E-state index in [1.54, 1.807) is 0 Å². The van der Waals surface area contributed by atoms with Crippen LogP contribution in [0.15, 0.2) is 48.5 Å². The highest BCUT2D eigenvalue weighted by Gasteiger charge is 2.20. The van der Waals surface area contributed by atoms with Gasteiger partial charge in [-0.05, 0) is 24.3 Å². The second kappa shape index (κ2) is 4.65. The minimum atomic E-state index is -1.27. The molecular formula is C18H19N3Si. The highest BCUT2D eigenvalue weighted by Crippen LogP contribution is 2.25. The van der Waals surface area contributed by atoms with Crippen molar-refractivity contribution in [3.63, 3.8) is 0 Å². The minimum absolute atomic E-state index is 1.03. The molecule has 0 radical (unpaired) electrons. The number of hydrogen-bond donors (Lipinski definition) is 0. The largest absolute Gasteiger partial charge is 0.280 e. The highest BCUT2D eigenvalue weighted by molar-refractivity contribution is 6.75. The zero-order chi connectivity index (χ0) is 15.3. The quantitative estimate of drug-likeness (QED) is 0.512. The van der Waals surface area contributed by atoms with E-state index in [-0.39, 0.29) is 0 Å². The molecule has 0 aliphatic carbocycles. The molecule has 4 rings (SSSR count). The molecule has 0 amide bonds. The van der Waals surface area contributed by atoms with Gasteiger partial charge in [-0.2, -0.15) is 0 Å². The van der Waals surface area contributed by atoms with Gasteiger partial charge in [0, 0.05) is 11.4 Å². The van der Waals surface area contributed by atoms with Crippen molar-refractivity contribution in [2.45, 2.75) is 25.7 Å². The maximum Gasteiger partial charge on any atom is 0.148 e. The van der Waals surface area contributed by atoms with Crippen LogP contribution in [0.4, 0.5) is 0 Å². The fourth-order valence-electron chi connectivity index (χ4n) is 3.01. The van der Waals surface area contributed by atoms with Gasteiger partial charge in [-0.15, -0.1) is 0 Å². The second-order valence-electron chi connectivity index (χ2n) is 7.04. The van der Waals surface area contributed by atoms with E-state index in [1.807, 2.05) is 12.1 Å². The summed E-state index contributed by atoms with van der Waals surface area (Å²) in [6.45, 7) is 7.15. The predicted octanol–water partition coefficient (Wildman–Crippen LogP) is 4.46. The topological polar surface area (TPSA) is 30.2 Å². The molecule has 2 aromatic carbocycles. The highest BCUT2D eigenvalue weighted by atomic mass is 28.3. The zero-order valence-electron chi connectivity index (χ0n) is 13.2. The van der Waals surface area contributed by atoms with Crippen LogP contribution in [0.1, 0.15) is 5.82 Å². The van der Waals surface area contributed by atoms with Crippen LogP contribution in [0.3, 0.4) is 0 Å². The summed E-state index contributed by atoms with van der Waals surface area (Å²) >= 11 is 0. The maximum absolute atomic E-state index is 4.97. The molecule has 22 heavy (non-hydrogen) atoms. The Bertz CT molecular complexity index is 996. The van der Waals surface area contributed by atoms with Crippen molar-refractivity contribution in [2.75, 3.05) is 0 Å². The summed E-state index contributed by atoms with van der Waals surface area (Å²) in [5, 5.41) is 1.12. The van der Waals surface area contributed by atoms with E-state index in [0.29, 0.717) is 0 Å². The molecule has 2 aromatic heterocycles. The molecular weight excluding hydrogens is 286 g/mol. The predicted molar refractivity (Wildman–Crippen MR) is 95.0 cm³/mol. The van der Waals surface area contributed by atoms with Crippen molar-refractivity contribution in [3.8, 4) is 0 Å². The van der Waals surface area contributed by atoms with E-state index < -0.39 is 8.07 Å². The van der Waals surface area contributed by atoms with Crippen LogP contribution in [0, 0.1) is 0 Å². The summed E-state index contributed by atoms with van der Waals surface area (Å²) in [6.07, 6.45) is 0. The Labute approximate surface area is 130 Å². The van der Waals surface area contributed by atoms with Crippen molar-refractivity contribution in [1.82, 2.24) is 14.4 Å². The Morgan fingerprint density at radius 2 is 1.55 bits per heavy atom. The standard InChI is InChI=1S/C18H19N3Si/c1-22(2,3)12-17-19-14-9-5-4-8-13(14)18-20-15-10-6-7-11-16(15)21(17)18/h4-11H,12H2,1-3H3. The van der Waals surface area contributed by atoms with Gasteiger partial charge in [-0.25, -0.2) is 9.97 Å². The van der Waals surface area contributed by atoms with Gasteiger partial charge in [0.25, 0.3) is 0 Å². The molecule has 0 aliphatic rings. The number of fused-ring (bicyclic) bond motifs is 5. The average Bonchev–Trinajstić information content (AvgIpc) is 2.85. The number of nitrogens with zero attached hydrogens (tertiary/aromatic N) is 3. The van der Waals surface area contributed by atoms with Crippen LogP contribution in [-0.4, -0.2) is 22.4 Å². The molecule has 0 saturated carbocycles. The van der Waals surface area contributed by atoms with E-state index in [0.717, 1.165) is 39.5 Å². The SMILES string of the molecule is C[Si](C)(C)Cc1nc2ccccc2c2nc3ccccc3n12. The Hall–Kier alpha value is -2.20. The second-order valence-corrected chi connectivity index (χ2v) is 12.5. The first-order chi connectivity index (χ1) is 10.5. The fourth-order valence-corrected chi connectivity index (χ4v) is 4.20. The number of imidazole rings is 1. The summed E-state index contributed by atoms with van der Waals surface area (Å²) < 4.78 is 2.26. The third kappa shape index (κ3) is 2.11. The van der Waals surface area contributed by atoms with Crippen LogP contribution >= 0.6 is 0 Å². The van der Waals surface area contributed by atoms with E-state index in [2.05, 4.69) is 60.4 Å². The summed E-state index contributed by atoms with van der Waals surface area (Å²) in [7, 11) is -1.27. The van der Waals surface area contributed by atoms with Crippen molar-refractivity contribution >= 4 is 35.7 Å². The molecule has 110 valence electrons. The normalized spacial score (nSPS) is 12.5. The number of rotatable bonds is 2. The lowest BCUT2D eigenvalue weighted by Gasteiger charge is -2.17.